The topological polar surface area (TPSA) is 86.6 Å². The molecule has 0 radical (unpaired) electrons. The van der Waals surface area contributed by atoms with Crippen LogP contribution in [-0.4, -0.2) is 34.7 Å². The number of amides is 1. The third kappa shape index (κ3) is 4.66. The molecule has 2 atom stereocenters. The van der Waals surface area contributed by atoms with Crippen LogP contribution < -0.4 is 5.32 Å². The van der Waals surface area contributed by atoms with Crippen LogP contribution >= 0.6 is 0 Å². The lowest BCUT2D eigenvalue weighted by Crippen LogP contribution is -2.46. The van der Waals surface area contributed by atoms with E-state index in [0.29, 0.717) is 0 Å². The fourth-order valence-corrected chi connectivity index (χ4v) is 1.93. The summed E-state index contributed by atoms with van der Waals surface area (Å²) < 4.78 is 0. The van der Waals surface area contributed by atoms with Crippen LogP contribution in [0.5, 0.6) is 0 Å². The Bertz CT molecular complexity index is 444. The van der Waals surface area contributed by atoms with E-state index in [1.165, 1.54) is 0 Å². The summed E-state index contributed by atoms with van der Waals surface area (Å²) in [6.45, 7) is 3.34. The number of aliphatic hydroxyl groups is 1. The SMILES string of the molecule is CC(C)C(CO)C(=O)N[C@@H](Cc1ccccc1)C(=O)O. The molecule has 1 aromatic rings. The minimum absolute atomic E-state index is 0.0498. The molecule has 3 N–H and O–H groups in total. The maximum atomic E-state index is 12.0. The Morgan fingerprint density at radius 3 is 2.25 bits per heavy atom. The zero-order valence-electron chi connectivity index (χ0n) is 11.7. The highest BCUT2D eigenvalue weighted by Crippen LogP contribution is 2.11. The molecule has 0 spiro atoms. The van der Waals surface area contributed by atoms with Gasteiger partial charge in [0.25, 0.3) is 0 Å². The predicted octanol–water partition coefficient (Wildman–Crippen LogP) is 1.06. The highest BCUT2D eigenvalue weighted by atomic mass is 16.4. The number of carbonyl (C=O) groups is 2. The molecule has 0 fully saturated rings. The van der Waals surface area contributed by atoms with Crippen LogP contribution in [0, 0.1) is 11.8 Å². The summed E-state index contributed by atoms with van der Waals surface area (Å²) in [6, 6.07) is 8.12. The summed E-state index contributed by atoms with van der Waals surface area (Å²) in [5.74, 6) is -2.15. The summed E-state index contributed by atoms with van der Waals surface area (Å²) in [5.41, 5.74) is 0.838. The third-order valence-corrected chi connectivity index (χ3v) is 3.24. The van der Waals surface area contributed by atoms with Gasteiger partial charge in [-0.05, 0) is 11.5 Å². The van der Waals surface area contributed by atoms with Gasteiger partial charge in [-0.15, -0.1) is 0 Å². The van der Waals surface area contributed by atoms with Crippen molar-refractivity contribution in [1.29, 1.82) is 0 Å². The Morgan fingerprint density at radius 1 is 1.20 bits per heavy atom. The van der Waals surface area contributed by atoms with Crippen LogP contribution in [-0.2, 0) is 16.0 Å². The lowest BCUT2D eigenvalue weighted by Gasteiger charge is -2.21. The van der Waals surface area contributed by atoms with Crippen LogP contribution in [0.3, 0.4) is 0 Å². The fraction of sp³-hybridized carbons (Fsp3) is 0.467. The van der Waals surface area contributed by atoms with E-state index in [1.807, 2.05) is 44.2 Å². The average Bonchev–Trinajstić information content (AvgIpc) is 2.39. The standard InChI is InChI=1S/C15H21NO4/c1-10(2)12(9-17)14(18)16-13(15(19)20)8-11-6-4-3-5-7-11/h3-7,10,12-13,17H,8-9H2,1-2H3,(H,16,18)(H,19,20)/t12?,13-/m0/s1. The van der Waals surface area contributed by atoms with E-state index in [4.69, 9.17) is 0 Å². The van der Waals surface area contributed by atoms with Crippen molar-refractivity contribution in [2.45, 2.75) is 26.3 Å². The number of hydrogen-bond donors (Lipinski definition) is 3. The predicted molar refractivity (Wildman–Crippen MR) is 75.1 cm³/mol. The molecule has 0 heterocycles. The summed E-state index contributed by atoms with van der Waals surface area (Å²) in [4.78, 5) is 23.2. The Morgan fingerprint density at radius 2 is 1.80 bits per heavy atom. The second-order valence-electron chi connectivity index (χ2n) is 5.12. The first-order valence-corrected chi connectivity index (χ1v) is 6.63. The number of rotatable bonds is 7. The summed E-state index contributed by atoms with van der Waals surface area (Å²) in [7, 11) is 0. The minimum atomic E-state index is -1.08. The first-order valence-electron chi connectivity index (χ1n) is 6.63. The van der Waals surface area contributed by atoms with E-state index in [0.717, 1.165) is 5.56 Å². The van der Waals surface area contributed by atoms with Gasteiger partial charge in [0.2, 0.25) is 5.91 Å². The second kappa shape index (κ2) is 7.65. The fourth-order valence-electron chi connectivity index (χ4n) is 1.93. The van der Waals surface area contributed by atoms with Crippen molar-refractivity contribution >= 4 is 11.9 Å². The van der Waals surface area contributed by atoms with E-state index in [9.17, 15) is 19.8 Å². The highest BCUT2D eigenvalue weighted by molar-refractivity contribution is 5.85. The Labute approximate surface area is 118 Å². The molecule has 0 aliphatic heterocycles. The maximum Gasteiger partial charge on any atom is 0.326 e. The molecular weight excluding hydrogens is 258 g/mol. The minimum Gasteiger partial charge on any atom is -0.480 e. The summed E-state index contributed by atoms with van der Waals surface area (Å²) in [6.07, 6.45) is 0.220. The Hall–Kier alpha value is -1.88. The number of carboxylic acid groups (broad SMARTS) is 1. The maximum absolute atomic E-state index is 12.0. The van der Waals surface area contributed by atoms with Crippen molar-refractivity contribution in [3.05, 3.63) is 35.9 Å². The van der Waals surface area contributed by atoms with Gasteiger partial charge in [-0.2, -0.15) is 0 Å². The average molecular weight is 279 g/mol. The molecule has 0 saturated heterocycles. The number of aliphatic hydroxyl groups excluding tert-OH is 1. The number of carbonyl (C=O) groups excluding carboxylic acids is 1. The monoisotopic (exact) mass is 279 g/mol. The quantitative estimate of drug-likeness (QED) is 0.696. The zero-order chi connectivity index (χ0) is 15.1. The van der Waals surface area contributed by atoms with Gasteiger partial charge in [0.1, 0.15) is 6.04 Å². The van der Waals surface area contributed by atoms with Gasteiger partial charge >= 0.3 is 5.97 Å². The molecule has 0 aromatic heterocycles. The molecule has 0 saturated carbocycles. The molecular formula is C15H21NO4. The van der Waals surface area contributed by atoms with Crippen molar-refractivity contribution in [3.8, 4) is 0 Å². The number of hydrogen-bond acceptors (Lipinski definition) is 3. The molecule has 0 bridgehead atoms. The van der Waals surface area contributed by atoms with Gasteiger partial charge in [-0.3, -0.25) is 4.79 Å². The molecule has 0 aliphatic carbocycles. The van der Waals surface area contributed by atoms with Crippen molar-refractivity contribution in [2.75, 3.05) is 6.61 Å². The molecule has 5 nitrogen and oxygen atoms in total. The van der Waals surface area contributed by atoms with Crippen LogP contribution in [0.25, 0.3) is 0 Å². The van der Waals surface area contributed by atoms with E-state index in [2.05, 4.69) is 5.32 Å². The second-order valence-corrected chi connectivity index (χ2v) is 5.12. The molecule has 1 amide bonds. The number of aliphatic carboxylic acids is 1. The van der Waals surface area contributed by atoms with Gasteiger partial charge in [0.05, 0.1) is 12.5 Å². The summed E-state index contributed by atoms with van der Waals surface area (Å²) in [5, 5.41) is 20.9. The Kier molecular flexibility index (Phi) is 6.18. The van der Waals surface area contributed by atoms with Gasteiger partial charge < -0.3 is 15.5 Å². The molecule has 0 aliphatic rings. The number of carboxylic acids is 1. The molecule has 1 aromatic carbocycles. The van der Waals surface area contributed by atoms with Crippen LogP contribution in [0.15, 0.2) is 30.3 Å². The smallest absolute Gasteiger partial charge is 0.326 e. The van der Waals surface area contributed by atoms with Crippen LogP contribution in [0.4, 0.5) is 0 Å². The van der Waals surface area contributed by atoms with E-state index < -0.39 is 23.8 Å². The molecule has 110 valence electrons. The molecule has 5 heteroatoms. The van der Waals surface area contributed by atoms with Crippen LogP contribution in [0.1, 0.15) is 19.4 Å². The van der Waals surface area contributed by atoms with E-state index >= 15 is 0 Å². The first kappa shape index (κ1) is 16.2. The van der Waals surface area contributed by atoms with Crippen LogP contribution in [0.2, 0.25) is 0 Å². The van der Waals surface area contributed by atoms with Crippen molar-refractivity contribution < 1.29 is 19.8 Å². The van der Waals surface area contributed by atoms with E-state index in [1.54, 1.807) is 0 Å². The zero-order valence-corrected chi connectivity index (χ0v) is 11.7. The lowest BCUT2D eigenvalue weighted by molar-refractivity contribution is -0.143. The Balaban J connectivity index is 2.73. The molecule has 20 heavy (non-hydrogen) atoms. The third-order valence-electron chi connectivity index (χ3n) is 3.24. The van der Waals surface area contributed by atoms with Crippen molar-refractivity contribution in [3.63, 3.8) is 0 Å². The largest absolute Gasteiger partial charge is 0.480 e. The number of benzene rings is 1. The van der Waals surface area contributed by atoms with Gasteiger partial charge in [0.15, 0.2) is 0 Å². The van der Waals surface area contributed by atoms with Gasteiger partial charge in [-0.25, -0.2) is 4.79 Å². The highest BCUT2D eigenvalue weighted by Gasteiger charge is 2.26. The number of nitrogens with one attached hydrogen (secondary N) is 1. The summed E-state index contributed by atoms with van der Waals surface area (Å²) >= 11 is 0. The van der Waals surface area contributed by atoms with Gasteiger partial charge in [-0.1, -0.05) is 44.2 Å². The van der Waals surface area contributed by atoms with Gasteiger partial charge in [0, 0.05) is 6.42 Å². The van der Waals surface area contributed by atoms with Crippen molar-refractivity contribution in [1.82, 2.24) is 5.32 Å². The van der Waals surface area contributed by atoms with Crippen molar-refractivity contribution in [2.24, 2.45) is 11.8 Å². The molecule has 1 rings (SSSR count). The normalized spacial score (nSPS) is 13.8. The molecule has 1 unspecified atom stereocenters. The lowest BCUT2D eigenvalue weighted by atomic mass is 9.95. The first-order chi connectivity index (χ1) is 9.45. The van der Waals surface area contributed by atoms with E-state index in [-0.39, 0.29) is 18.9 Å².